The normalized spacial score (nSPS) is 14.3. The number of carbonyl (C=O) groups is 2. The van der Waals surface area contributed by atoms with Crippen LogP contribution in [0.4, 0.5) is 10.5 Å². The van der Waals surface area contributed by atoms with Crippen molar-refractivity contribution in [3.63, 3.8) is 0 Å². The predicted octanol–water partition coefficient (Wildman–Crippen LogP) is 3.55. The van der Waals surface area contributed by atoms with Gasteiger partial charge in [0.05, 0.1) is 17.9 Å². The fraction of sp³-hybridized carbons (Fsp3) is 0.529. The Hall–Kier alpha value is -2.04. The van der Waals surface area contributed by atoms with E-state index in [1.807, 2.05) is 26.8 Å². The summed E-state index contributed by atoms with van der Waals surface area (Å²) < 4.78 is 10.5. The van der Waals surface area contributed by atoms with Crippen molar-refractivity contribution in [1.29, 1.82) is 0 Å². The number of esters is 1. The molecule has 1 aliphatic rings. The third kappa shape index (κ3) is 3.78. The Balaban J connectivity index is 2.24. The third-order valence-electron chi connectivity index (χ3n) is 3.32. The lowest BCUT2D eigenvalue weighted by Crippen LogP contribution is -2.39. The second-order valence-corrected chi connectivity index (χ2v) is 6.30. The SMILES string of the molecule is CCOC(=O)c1ccc2c(c1)CCCN2C(=O)OC(C)(C)C. The van der Waals surface area contributed by atoms with Crippen molar-refractivity contribution in [2.75, 3.05) is 18.1 Å². The summed E-state index contributed by atoms with van der Waals surface area (Å²) in [6, 6.07) is 5.30. The smallest absolute Gasteiger partial charge is 0.414 e. The number of carbonyl (C=O) groups excluding carboxylic acids is 2. The zero-order valence-electron chi connectivity index (χ0n) is 13.6. The van der Waals surface area contributed by atoms with Crippen molar-refractivity contribution in [3.8, 4) is 0 Å². The zero-order valence-corrected chi connectivity index (χ0v) is 13.6. The van der Waals surface area contributed by atoms with Crippen LogP contribution in [-0.2, 0) is 15.9 Å². The number of hydrogen-bond donors (Lipinski definition) is 0. The summed E-state index contributed by atoms with van der Waals surface area (Å²) in [5.74, 6) is -0.334. The van der Waals surface area contributed by atoms with Crippen LogP contribution in [-0.4, -0.2) is 30.8 Å². The molecule has 0 spiro atoms. The van der Waals surface area contributed by atoms with Gasteiger partial charge in [-0.25, -0.2) is 9.59 Å². The van der Waals surface area contributed by atoms with Gasteiger partial charge in [-0.15, -0.1) is 0 Å². The third-order valence-corrected chi connectivity index (χ3v) is 3.32. The highest BCUT2D eigenvalue weighted by atomic mass is 16.6. The Morgan fingerprint density at radius 2 is 2.00 bits per heavy atom. The van der Waals surface area contributed by atoms with Crippen molar-refractivity contribution in [1.82, 2.24) is 0 Å². The average molecular weight is 305 g/mol. The lowest BCUT2D eigenvalue weighted by Gasteiger charge is -2.31. The summed E-state index contributed by atoms with van der Waals surface area (Å²) >= 11 is 0. The highest BCUT2D eigenvalue weighted by Gasteiger charge is 2.27. The Bertz CT molecular complexity index is 575. The molecule has 0 aliphatic carbocycles. The maximum atomic E-state index is 12.3. The largest absolute Gasteiger partial charge is 0.462 e. The van der Waals surface area contributed by atoms with Crippen molar-refractivity contribution in [2.24, 2.45) is 0 Å². The lowest BCUT2D eigenvalue weighted by atomic mass is 9.99. The predicted molar refractivity (Wildman–Crippen MR) is 84.3 cm³/mol. The molecule has 5 heteroatoms. The van der Waals surface area contributed by atoms with E-state index in [0.717, 1.165) is 24.1 Å². The minimum absolute atomic E-state index is 0.334. The van der Waals surface area contributed by atoms with Gasteiger partial charge in [-0.3, -0.25) is 4.90 Å². The van der Waals surface area contributed by atoms with E-state index in [2.05, 4.69) is 0 Å². The number of nitrogens with zero attached hydrogens (tertiary/aromatic N) is 1. The van der Waals surface area contributed by atoms with Gasteiger partial charge < -0.3 is 9.47 Å². The molecule has 0 aromatic heterocycles. The van der Waals surface area contributed by atoms with Gasteiger partial charge in [-0.05, 0) is 64.3 Å². The van der Waals surface area contributed by atoms with Crippen LogP contribution in [0, 0.1) is 0 Å². The highest BCUT2D eigenvalue weighted by molar-refractivity contribution is 5.93. The molecule has 0 bridgehead atoms. The molecule has 1 heterocycles. The molecule has 5 nitrogen and oxygen atoms in total. The quantitative estimate of drug-likeness (QED) is 0.784. The first-order chi connectivity index (χ1) is 10.3. The molecular formula is C17H23NO4. The van der Waals surface area contributed by atoms with Crippen molar-refractivity contribution in [2.45, 2.75) is 46.1 Å². The highest BCUT2D eigenvalue weighted by Crippen LogP contribution is 2.29. The van der Waals surface area contributed by atoms with E-state index in [-0.39, 0.29) is 12.1 Å². The number of hydrogen-bond acceptors (Lipinski definition) is 4. The number of amides is 1. The molecule has 0 N–H and O–H groups in total. The monoisotopic (exact) mass is 305 g/mol. The topological polar surface area (TPSA) is 55.8 Å². The summed E-state index contributed by atoms with van der Waals surface area (Å²) in [4.78, 5) is 25.8. The van der Waals surface area contributed by atoms with Crippen LogP contribution in [0.25, 0.3) is 0 Å². The van der Waals surface area contributed by atoms with Crippen LogP contribution in [0.15, 0.2) is 18.2 Å². The van der Waals surface area contributed by atoms with Crippen molar-refractivity contribution < 1.29 is 19.1 Å². The number of rotatable bonds is 2. The van der Waals surface area contributed by atoms with E-state index in [0.29, 0.717) is 18.7 Å². The Morgan fingerprint density at radius 1 is 1.27 bits per heavy atom. The molecular weight excluding hydrogens is 282 g/mol. The van der Waals surface area contributed by atoms with Gasteiger partial charge in [0.1, 0.15) is 5.60 Å². The fourth-order valence-electron chi connectivity index (χ4n) is 2.45. The Labute approximate surface area is 131 Å². The van der Waals surface area contributed by atoms with Gasteiger partial charge in [-0.2, -0.15) is 0 Å². The summed E-state index contributed by atoms with van der Waals surface area (Å²) in [6.45, 7) is 8.29. The molecule has 0 radical (unpaired) electrons. The van der Waals surface area contributed by atoms with Crippen LogP contribution in [0.1, 0.15) is 50.0 Å². The lowest BCUT2D eigenvalue weighted by molar-refractivity contribution is 0.0525. The van der Waals surface area contributed by atoms with Gasteiger partial charge in [0.15, 0.2) is 0 Å². The van der Waals surface area contributed by atoms with Crippen LogP contribution in [0.5, 0.6) is 0 Å². The molecule has 0 unspecified atom stereocenters. The first kappa shape index (κ1) is 16.3. The van der Waals surface area contributed by atoms with E-state index in [4.69, 9.17) is 9.47 Å². The Kier molecular flexibility index (Phi) is 4.74. The number of benzene rings is 1. The molecule has 0 atom stereocenters. The molecule has 0 fully saturated rings. The van der Waals surface area contributed by atoms with Gasteiger partial charge in [-0.1, -0.05) is 0 Å². The minimum Gasteiger partial charge on any atom is -0.462 e. The first-order valence-electron chi connectivity index (χ1n) is 7.62. The molecule has 1 aromatic rings. The van der Waals surface area contributed by atoms with Crippen molar-refractivity contribution >= 4 is 17.7 Å². The Morgan fingerprint density at radius 3 is 2.64 bits per heavy atom. The van der Waals surface area contributed by atoms with E-state index >= 15 is 0 Å². The number of fused-ring (bicyclic) bond motifs is 1. The molecule has 22 heavy (non-hydrogen) atoms. The molecule has 0 saturated carbocycles. The van der Waals surface area contributed by atoms with Crippen molar-refractivity contribution in [3.05, 3.63) is 29.3 Å². The standard InChI is InChI=1S/C17H23NO4/c1-5-21-15(19)13-8-9-14-12(11-13)7-6-10-18(14)16(20)22-17(2,3)4/h8-9,11H,5-7,10H2,1-4H3. The maximum absolute atomic E-state index is 12.3. The average Bonchev–Trinajstić information content (AvgIpc) is 2.44. The molecule has 1 amide bonds. The second-order valence-electron chi connectivity index (χ2n) is 6.30. The van der Waals surface area contributed by atoms with E-state index < -0.39 is 5.60 Å². The van der Waals surface area contributed by atoms with Crippen LogP contribution < -0.4 is 4.90 Å². The summed E-state index contributed by atoms with van der Waals surface area (Å²) in [5, 5.41) is 0. The van der Waals surface area contributed by atoms with E-state index in [1.54, 1.807) is 24.0 Å². The fourth-order valence-corrected chi connectivity index (χ4v) is 2.45. The number of aryl methyl sites for hydroxylation is 1. The van der Waals surface area contributed by atoms with Gasteiger partial charge >= 0.3 is 12.1 Å². The summed E-state index contributed by atoms with van der Waals surface area (Å²) in [7, 11) is 0. The van der Waals surface area contributed by atoms with Gasteiger partial charge in [0.2, 0.25) is 0 Å². The molecule has 0 saturated heterocycles. The first-order valence-corrected chi connectivity index (χ1v) is 7.62. The molecule has 2 rings (SSSR count). The van der Waals surface area contributed by atoms with E-state index in [9.17, 15) is 9.59 Å². The van der Waals surface area contributed by atoms with Crippen LogP contribution in [0.2, 0.25) is 0 Å². The minimum atomic E-state index is -0.528. The number of anilines is 1. The van der Waals surface area contributed by atoms with Gasteiger partial charge in [0, 0.05) is 6.54 Å². The number of ether oxygens (including phenoxy) is 2. The summed E-state index contributed by atoms with van der Waals surface area (Å²) in [5.41, 5.74) is 1.78. The van der Waals surface area contributed by atoms with E-state index in [1.165, 1.54) is 0 Å². The molecule has 1 aliphatic heterocycles. The molecule has 120 valence electrons. The molecule has 1 aromatic carbocycles. The van der Waals surface area contributed by atoms with Crippen LogP contribution >= 0.6 is 0 Å². The van der Waals surface area contributed by atoms with Crippen LogP contribution in [0.3, 0.4) is 0 Å². The summed E-state index contributed by atoms with van der Waals surface area (Å²) in [6.07, 6.45) is 1.33. The van der Waals surface area contributed by atoms with Gasteiger partial charge in [0.25, 0.3) is 0 Å². The second kappa shape index (κ2) is 6.38. The maximum Gasteiger partial charge on any atom is 0.414 e. The zero-order chi connectivity index (χ0) is 16.3.